The number of benzene rings is 1. The number of hydrogen-bond donors (Lipinski definition) is 1. The number of hydrogen-bond acceptors (Lipinski definition) is 5. The molecule has 0 unspecified atom stereocenters. The van der Waals surface area contributed by atoms with E-state index in [0.717, 1.165) is 38.9 Å². The Morgan fingerprint density at radius 3 is 2.86 bits per heavy atom. The highest BCUT2D eigenvalue weighted by Crippen LogP contribution is 2.25. The molecule has 1 fully saturated rings. The monoisotopic (exact) mass is 307 g/mol. The summed E-state index contributed by atoms with van der Waals surface area (Å²) in [5.41, 5.74) is 0.684. The predicted molar refractivity (Wildman–Crippen MR) is 82.4 cm³/mol. The van der Waals surface area contributed by atoms with Crippen LogP contribution in [0.1, 0.15) is 5.56 Å². The molecule has 0 spiro atoms. The van der Waals surface area contributed by atoms with E-state index >= 15 is 0 Å². The van der Waals surface area contributed by atoms with E-state index in [9.17, 15) is 4.79 Å². The summed E-state index contributed by atoms with van der Waals surface area (Å²) in [6, 6.07) is 5.34. The van der Waals surface area contributed by atoms with E-state index in [2.05, 4.69) is 4.90 Å². The lowest BCUT2D eigenvalue weighted by Gasteiger charge is -2.26. The van der Waals surface area contributed by atoms with Crippen molar-refractivity contribution in [2.45, 2.75) is 0 Å². The Morgan fingerprint density at radius 2 is 2.18 bits per heavy atom. The first-order chi connectivity index (χ1) is 10.7. The van der Waals surface area contributed by atoms with Crippen LogP contribution in [0, 0.1) is 0 Å². The van der Waals surface area contributed by atoms with Crippen LogP contribution in [0.5, 0.6) is 11.5 Å². The molecule has 0 atom stereocenters. The maximum atomic E-state index is 10.7. The van der Waals surface area contributed by atoms with E-state index in [0.29, 0.717) is 23.7 Å². The molecular weight excluding hydrogens is 286 g/mol. The van der Waals surface area contributed by atoms with Crippen LogP contribution in [0.2, 0.25) is 0 Å². The van der Waals surface area contributed by atoms with Gasteiger partial charge < -0.3 is 19.3 Å². The Morgan fingerprint density at radius 1 is 1.41 bits per heavy atom. The van der Waals surface area contributed by atoms with Crippen molar-refractivity contribution >= 4 is 12.0 Å². The summed E-state index contributed by atoms with van der Waals surface area (Å²) in [5, 5.41) is 8.76. The zero-order chi connectivity index (χ0) is 15.8. The number of carboxylic acids is 1. The van der Waals surface area contributed by atoms with Gasteiger partial charge >= 0.3 is 5.97 Å². The topological polar surface area (TPSA) is 68.2 Å². The minimum absolute atomic E-state index is 0.542. The number of nitrogens with zero attached hydrogens (tertiary/aromatic N) is 1. The summed E-state index contributed by atoms with van der Waals surface area (Å²) < 4.78 is 16.2. The first-order valence-electron chi connectivity index (χ1n) is 7.21. The lowest BCUT2D eigenvalue weighted by molar-refractivity contribution is -0.131. The Balaban J connectivity index is 1.97. The number of aliphatic carboxylic acids is 1. The molecule has 0 bridgehead atoms. The number of methoxy groups -OCH3 is 1. The molecular formula is C16H21NO5. The van der Waals surface area contributed by atoms with Crippen molar-refractivity contribution in [1.82, 2.24) is 4.90 Å². The average molecular weight is 307 g/mol. The molecule has 120 valence electrons. The van der Waals surface area contributed by atoms with Crippen LogP contribution in [0.25, 0.3) is 6.08 Å². The largest absolute Gasteiger partial charge is 0.497 e. The molecule has 0 amide bonds. The molecule has 1 saturated heterocycles. The molecule has 1 aliphatic rings. The summed E-state index contributed by atoms with van der Waals surface area (Å²) in [7, 11) is 1.57. The fraction of sp³-hybridized carbons (Fsp3) is 0.438. The number of morpholine rings is 1. The van der Waals surface area contributed by atoms with Gasteiger partial charge in [-0.15, -0.1) is 0 Å². The summed E-state index contributed by atoms with van der Waals surface area (Å²) in [6.07, 6.45) is 2.60. The van der Waals surface area contributed by atoms with Gasteiger partial charge in [0.2, 0.25) is 0 Å². The van der Waals surface area contributed by atoms with Crippen molar-refractivity contribution < 1.29 is 24.1 Å². The second kappa shape index (κ2) is 8.41. The van der Waals surface area contributed by atoms with Gasteiger partial charge in [-0.2, -0.15) is 0 Å². The van der Waals surface area contributed by atoms with E-state index in [-0.39, 0.29) is 0 Å². The highest BCUT2D eigenvalue weighted by Gasteiger charge is 2.10. The number of carbonyl (C=O) groups is 1. The maximum absolute atomic E-state index is 10.7. The third kappa shape index (κ3) is 5.05. The minimum Gasteiger partial charge on any atom is -0.497 e. The van der Waals surface area contributed by atoms with Crippen LogP contribution in [-0.2, 0) is 9.53 Å². The lowest BCUT2D eigenvalue weighted by Crippen LogP contribution is -2.38. The van der Waals surface area contributed by atoms with Crippen molar-refractivity contribution in [2.24, 2.45) is 0 Å². The van der Waals surface area contributed by atoms with Crippen molar-refractivity contribution in [1.29, 1.82) is 0 Å². The minimum atomic E-state index is -0.998. The molecule has 1 aromatic carbocycles. The Kier molecular flexibility index (Phi) is 6.24. The fourth-order valence-electron chi connectivity index (χ4n) is 2.19. The molecule has 1 aliphatic heterocycles. The van der Waals surface area contributed by atoms with Crippen molar-refractivity contribution in [2.75, 3.05) is 46.6 Å². The number of rotatable bonds is 7. The van der Waals surface area contributed by atoms with Gasteiger partial charge in [-0.3, -0.25) is 4.90 Å². The van der Waals surface area contributed by atoms with Crippen LogP contribution < -0.4 is 9.47 Å². The van der Waals surface area contributed by atoms with Crippen LogP contribution >= 0.6 is 0 Å². The number of carboxylic acid groups (broad SMARTS) is 1. The molecule has 22 heavy (non-hydrogen) atoms. The summed E-state index contributed by atoms with van der Waals surface area (Å²) in [5.74, 6) is 0.305. The molecule has 0 radical (unpaired) electrons. The molecule has 0 aromatic heterocycles. The maximum Gasteiger partial charge on any atom is 0.328 e. The SMILES string of the molecule is COc1ccc(OCCN2CCOCC2)c(/C=C/C(=O)O)c1. The quantitative estimate of drug-likeness (QED) is 0.770. The zero-order valence-corrected chi connectivity index (χ0v) is 12.7. The second-order valence-electron chi connectivity index (χ2n) is 4.88. The molecule has 2 rings (SSSR count). The standard InChI is InChI=1S/C16H21NO5/c1-20-14-3-4-15(13(12-14)2-5-16(18)19)22-11-8-17-6-9-21-10-7-17/h2-5,12H,6-11H2,1H3,(H,18,19)/b5-2+. The third-order valence-electron chi connectivity index (χ3n) is 3.39. The Labute approximate surface area is 129 Å². The molecule has 1 aromatic rings. The molecule has 6 nitrogen and oxygen atoms in total. The van der Waals surface area contributed by atoms with Crippen molar-refractivity contribution in [3.63, 3.8) is 0 Å². The van der Waals surface area contributed by atoms with E-state index in [1.807, 2.05) is 0 Å². The normalized spacial score (nSPS) is 15.9. The second-order valence-corrected chi connectivity index (χ2v) is 4.88. The Bertz CT molecular complexity index is 523. The van der Waals surface area contributed by atoms with Crippen molar-refractivity contribution in [3.05, 3.63) is 29.8 Å². The number of ether oxygens (including phenoxy) is 3. The zero-order valence-electron chi connectivity index (χ0n) is 12.7. The molecule has 1 heterocycles. The smallest absolute Gasteiger partial charge is 0.328 e. The van der Waals surface area contributed by atoms with Crippen LogP contribution in [-0.4, -0.2) is 62.5 Å². The predicted octanol–water partition coefficient (Wildman–Crippen LogP) is 1.50. The lowest BCUT2D eigenvalue weighted by atomic mass is 10.1. The van der Waals surface area contributed by atoms with E-state index in [1.54, 1.807) is 25.3 Å². The average Bonchev–Trinajstić information content (AvgIpc) is 2.54. The Hall–Kier alpha value is -2.05. The van der Waals surface area contributed by atoms with Gasteiger partial charge in [-0.1, -0.05) is 0 Å². The highest BCUT2D eigenvalue weighted by atomic mass is 16.5. The van der Waals surface area contributed by atoms with Gasteiger partial charge in [0.15, 0.2) is 0 Å². The molecule has 6 heteroatoms. The van der Waals surface area contributed by atoms with Crippen LogP contribution in [0.3, 0.4) is 0 Å². The fourth-order valence-corrected chi connectivity index (χ4v) is 2.19. The first-order valence-corrected chi connectivity index (χ1v) is 7.21. The first kappa shape index (κ1) is 16.3. The summed E-state index contributed by atoms with van der Waals surface area (Å²) in [4.78, 5) is 13.0. The summed E-state index contributed by atoms with van der Waals surface area (Å²) >= 11 is 0. The summed E-state index contributed by atoms with van der Waals surface area (Å²) in [6.45, 7) is 4.71. The van der Waals surface area contributed by atoms with Crippen LogP contribution in [0.4, 0.5) is 0 Å². The van der Waals surface area contributed by atoms with Gasteiger partial charge in [0.25, 0.3) is 0 Å². The molecule has 1 N–H and O–H groups in total. The highest BCUT2D eigenvalue weighted by molar-refractivity contribution is 5.86. The van der Waals surface area contributed by atoms with Crippen LogP contribution in [0.15, 0.2) is 24.3 Å². The van der Waals surface area contributed by atoms with E-state index in [1.165, 1.54) is 6.08 Å². The van der Waals surface area contributed by atoms with E-state index < -0.39 is 5.97 Å². The molecule has 0 aliphatic carbocycles. The molecule has 0 saturated carbocycles. The van der Waals surface area contributed by atoms with Crippen molar-refractivity contribution in [3.8, 4) is 11.5 Å². The van der Waals surface area contributed by atoms with E-state index in [4.69, 9.17) is 19.3 Å². The van der Waals surface area contributed by atoms with Gasteiger partial charge in [-0.05, 0) is 24.3 Å². The van der Waals surface area contributed by atoms with Gasteiger partial charge in [0, 0.05) is 31.3 Å². The van der Waals surface area contributed by atoms with Gasteiger partial charge in [0.05, 0.1) is 20.3 Å². The third-order valence-corrected chi connectivity index (χ3v) is 3.39. The van der Waals surface area contributed by atoms with Gasteiger partial charge in [0.1, 0.15) is 18.1 Å². The van der Waals surface area contributed by atoms with Gasteiger partial charge in [-0.25, -0.2) is 4.79 Å².